The maximum Gasteiger partial charge on any atom is 0.416 e. The van der Waals surface area contributed by atoms with Gasteiger partial charge in [0.2, 0.25) is 11.7 Å². The highest BCUT2D eigenvalue weighted by molar-refractivity contribution is 5.77. The van der Waals surface area contributed by atoms with Gasteiger partial charge in [0.1, 0.15) is 6.54 Å². The van der Waals surface area contributed by atoms with Crippen LogP contribution in [0.15, 0.2) is 75.3 Å². The Morgan fingerprint density at radius 3 is 2.58 bits per heavy atom. The fourth-order valence-electron chi connectivity index (χ4n) is 3.22. The molecule has 4 rings (SSSR count). The maximum atomic E-state index is 13.0. The molecule has 0 fully saturated rings. The van der Waals surface area contributed by atoms with Gasteiger partial charge in [-0.3, -0.25) is 13.9 Å². The molecule has 31 heavy (non-hydrogen) atoms. The number of aromatic nitrogens is 4. The number of fused-ring (bicyclic) bond motifs is 1. The molecule has 0 saturated heterocycles. The van der Waals surface area contributed by atoms with Crippen LogP contribution >= 0.6 is 0 Å². The molecular formula is C21H15F3N4O3. The fourth-order valence-corrected chi connectivity index (χ4v) is 3.22. The fraction of sp³-hybridized carbons (Fsp3) is 0.143. The highest BCUT2D eigenvalue weighted by atomic mass is 19.4. The molecule has 2 aromatic carbocycles. The predicted octanol–water partition coefficient (Wildman–Crippen LogP) is 3.47. The minimum absolute atomic E-state index is 0.00321. The summed E-state index contributed by atoms with van der Waals surface area (Å²) < 4.78 is 46.4. The van der Waals surface area contributed by atoms with E-state index < -0.39 is 23.0 Å². The lowest BCUT2D eigenvalue weighted by molar-refractivity contribution is -0.137. The Balaban J connectivity index is 1.77. The van der Waals surface area contributed by atoms with E-state index in [-0.39, 0.29) is 30.4 Å². The van der Waals surface area contributed by atoms with Gasteiger partial charge in [0.25, 0.3) is 5.56 Å². The standard InChI is InChI=1S/C21H15F3N4O3/c1-2-10-27-19(29)15-8-3-4-9-16(15)28(20(27)30)12-17-25-18(26-31-17)13-6-5-7-14(11-13)21(22,23)24/h2-9,11H,1,10,12H2. The van der Waals surface area contributed by atoms with Crippen molar-refractivity contribution >= 4 is 10.9 Å². The molecule has 0 amide bonds. The molecule has 0 N–H and O–H groups in total. The normalized spacial score (nSPS) is 11.7. The van der Waals surface area contributed by atoms with Crippen LogP contribution in [0.5, 0.6) is 0 Å². The van der Waals surface area contributed by atoms with Crippen molar-refractivity contribution in [3.05, 3.63) is 93.5 Å². The molecule has 0 unspecified atom stereocenters. The first-order valence-corrected chi connectivity index (χ1v) is 9.13. The van der Waals surface area contributed by atoms with Crippen LogP contribution in [0, 0.1) is 0 Å². The second-order valence-electron chi connectivity index (χ2n) is 6.68. The van der Waals surface area contributed by atoms with E-state index in [1.54, 1.807) is 24.3 Å². The zero-order chi connectivity index (χ0) is 22.2. The molecular weight excluding hydrogens is 413 g/mol. The monoisotopic (exact) mass is 428 g/mol. The molecule has 0 bridgehead atoms. The smallest absolute Gasteiger partial charge is 0.337 e. The Kier molecular flexibility index (Phi) is 5.05. The number of hydrogen-bond acceptors (Lipinski definition) is 5. The number of alkyl halides is 3. The van der Waals surface area contributed by atoms with Crippen LogP contribution in [0.4, 0.5) is 13.2 Å². The van der Waals surface area contributed by atoms with Gasteiger partial charge < -0.3 is 4.52 Å². The zero-order valence-corrected chi connectivity index (χ0v) is 16.0. The van der Waals surface area contributed by atoms with Crippen LogP contribution in [0.25, 0.3) is 22.3 Å². The van der Waals surface area contributed by atoms with E-state index in [2.05, 4.69) is 16.7 Å². The molecule has 4 aromatic rings. The summed E-state index contributed by atoms with van der Waals surface area (Å²) in [6.07, 6.45) is -3.08. The summed E-state index contributed by atoms with van der Waals surface area (Å²) in [7, 11) is 0. The van der Waals surface area contributed by atoms with Crippen LogP contribution in [0.2, 0.25) is 0 Å². The van der Waals surface area contributed by atoms with Crippen LogP contribution in [0.3, 0.4) is 0 Å². The first-order chi connectivity index (χ1) is 14.8. The van der Waals surface area contributed by atoms with E-state index in [0.717, 1.165) is 16.7 Å². The molecule has 0 aliphatic rings. The molecule has 2 heterocycles. The molecule has 0 saturated carbocycles. The highest BCUT2D eigenvalue weighted by Crippen LogP contribution is 2.31. The van der Waals surface area contributed by atoms with Crippen molar-refractivity contribution in [3.63, 3.8) is 0 Å². The minimum atomic E-state index is -4.51. The zero-order valence-electron chi connectivity index (χ0n) is 16.0. The summed E-state index contributed by atoms with van der Waals surface area (Å²) in [6, 6.07) is 11.1. The van der Waals surface area contributed by atoms with Crippen LogP contribution < -0.4 is 11.2 Å². The van der Waals surface area contributed by atoms with Gasteiger partial charge in [0.15, 0.2) is 0 Å². The number of benzene rings is 2. The van der Waals surface area contributed by atoms with E-state index in [0.29, 0.717) is 10.9 Å². The van der Waals surface area contributed by atoms with Gasteiger partial charge in [-0.1, -0.05) is 35.5 Å². The maximum absolute atomic E-state index is 13.0. The van der Waals surface area contributed by atoms with Crippen molar-refractivity contribution in [2.75, 3.05) is 0 Å². The van der Waals surface area contributed by atoms with E-state index in [1.165, 1.54) is 22.8 Å². The molecule has 0 aliphatic heterocycles. The lowest BCUT2D eigenvalue weighted by Crippen LogP contribution is -2.40. The first kappa shape index (κ1) is 20.3. The average molecular weight is 428 g/mol. The van der Waals surface area contributed by atoms with Crippen molar-refractivity contribution in [2.24, 2.45) is 0 Å². The Hall–Kier alpha value is -3.95. The predicted molar refractivity (Wildman–Crippen MR) is 107 cm³/mol. The molecule has 2 aromatic heterocycles. The first-order valence-electron chi connectivity index (χ1n) is 9.13. The van der Waals surface area contributed by atoms with Crippen molar-refractivity contribution in [2.45, 2.75) is 19.3 Å². The third-order valence-corrected chi connectivity index (χ3v) is 4.65. The Labute approximate surface area is 172 Å². The quantitative estimate of drug-likeness (QED) is 0.455. The Bertz CT molecular complexity index is 1400. The molecule has 7 nitrogen and oxygen atoms in total. The van der Waals surface area contributed by atoms with Gasteiger partial charge in [0.05, 0.1) is 16.5 Å². The van der Waals surface area contributed by atoms with Crippen molar-refractivity contribution in [1.82, 2.24) is 19.3 Å². The topological polar surface area (TPSA) is 82.9 Å². The summed E-state index contributed by atoms with van der Waals surface area (Å²) in [6.45, 7) is 3.42. The number of nitrogens with zero attached hydrogens (tertiary/aromatic N) is 4. The number of para-hydroxylation sites is 1. The highest BCUT2D eigenvalue weighted by Gasteiger charge is 2.30. The van der Waals surface area contributed by atoms with Gasteiger partial charge in [-0.15, -0.1) is 6.58 Å². The summed E-state index contributed by atoms with van der Waals surface area (Å²) in [4.78, 5) is 29.6. The Morgan fingerprint density at radius 1 is 1.06 bits per heavy atom. The van der Waals surface area contributed by atoms with Crippen molar-refractivity contribution in [1.29, 1.82) is 0 Å². The third kappa shape index (κ3) is 3.79. The van der Waals surface area contributed by atoms with Gasteiger partial charge in [-0.2, -0.15) is 18.2 Å². The molecule has 0 spiro atoms. The average Bonchev–Trinajstić information content (AvgIpc) is 3.22. The van der Waals surface area contributed by atoms with Gasteiger partial charge in [0, 0.05) is 12.1 Å². The minimum Gasteiger partial charge on any atom is -0.337 e. The van der Waals surface area contributed by atoms with Gasteiger partial charge in [-0.25, -0.2) is 4.79 Å². The van der Waals surface area contributed by atoms with Crippen LogP contribution in [0.1, 0.15) is 11.5 Å². The summed E-state index contributed by atoms with van der Waals surface area (Å²) in [5.41, 5.74) is -1.39. The molecule has 10 heteroatoms. The number of allylic oxidation sites excluding steroid dienone is 1. The van der Waals surface area contributed by atoms with E-state index in [9.17, 15) is 22.8 Å². The van der Waals surface area contributed by atoms with Crippen LogP contribution in [-0.2, 0) is 19.3 Å². The molecule has 0 aliphatic carbocycles. The third-order valence-electron chi connectivity index (χ3n) is 4.65. The van der Waals surface area contributed by atoms with E-state index >= 15 is 0 Å². The molecule has 0 atom stereocenters. The van der Waals surface area contributed by atoms with Gasteiger partial charge >= 0.3 is 11.9 Å². The molecule has 158 valence electrons. The number of rotatable bonds is 5. The van der Waals surface area contributed by atoms with Crippen molar-refractivity contribution < 1.29 is 17.7 Å². The summed E-state index contributed by atoms with van der Waals surface area (Å²) in [5, 5.41) is 4.06. The lowest BCUT2D eigenvalue weighted by Gasteiger charge is -2.11. The number of hydrogen-bond donors (Lipinski definition) is 0. The van der Waals surface area contributed by atoms with E-state index in [4.69, 9.17) is 4.52 Å². The number of halogens is 3. The Morgan fingerprint density at radius 2 is 1.84 bits per heavy atom. The van der Waals surface area contributed by atoms with Crippen molar-refractivity contribution in [3.8, 4) is 11.4 Å². The van der Waals surface area contributed by atoms with Crippen LogP contribution in [-0.4, -0.2) is 19.3 Å². The summed E-state index contributed by atoms with van der Waals surface area (Å²) >= 11 is 0. The molecule has 0 radical (unpaired) electrons. The second kappa shape index (κ2) is 7.71. The van der Waals surface area contributed by atoms with E-state index in [1.807, 2.05) is 0 Å². The lowest BCUT2D eigenvalue weighted by atomic mass is 10.1. The SMILES string of the molecule is C=CCn1c(=O)c2ccccc2n(Cc2nc(-c3cccc(C(F)(F)F)c3)no2)c1=O. The summed E-state index contributed by atoms with van der Waals surface area (Å²) in [5.74, 6) is -0.0404. The largest absolute Gasteiger partial charge is 0.416 e. The second-order valence-corrected chi connectivity index (χ2v) is 6.68. The van der Waals surface area contributed by atoms with Gasteiger partial charge in [-0.05, 0) is 24.3 Å².